The zero-order chi connectivity index (χ0) is 23.5. The number of nitriles is 1. The number of nitrogens with two attached hydrogens (primary N) is 1. The molecular weight excluding hydrogens is 418 g/mol. The summed E-state index contributed by atoms with van der Waals surface area (Å²) < 4.78 is 1.79. The van der Waals surface area contributed by atoms with E-state index in [-0.39, 0.29) is 17.5 Å². The predicted octanol–water partition coefficient (Wildman–Crippen LogP) is 2.83. The smallest absolute Gasteiger partial charge is 0.278 e. The van der Waals surface area contributed by atoms with Gasteiger partial charge in [0.1, 0.15) is 5.69 Å². The molecule has 0 radical (unpaired) electrons. The van der Waals surface area contributed by atoms with Gasteiger partial charge >= 0.3 is 0 Å². The lowest BCUT2D eigenvalue weighted by molar-refractivity contribution is -0.117. The molecule has 1 atom stereocenters. The molecule has 2 amide bonds. The fourth-order valence-corrected chi connectivity index (χ4v) is 3.24. The van der Waals surface area contributed by atoms with E-state index >= 15 is 0 Å². The third-order valence-electron chi connectivity index (χ3n) is 5.17. The fourth-order valence-electron chi connectivity index (χ4n) is 3.24. The number of benzene rings is 2. The molecule has 0 bridgehead atoms. The minimum absolute atomic E-state index is 0.245. The van der Waals surface area contributed by atoms with Gasteiger partial charge in [-0.2, -0.15) is 5.26 Å². The van der Waals surface area contributed by atoms with Gasteiger partial charge in [-0.25, -0.2) is 9.97 Å². The highest BCUT2D eigenvalue weighted by atomic mass is 16.2. The maximum Gasteiger partial charge on any atom is 0.278 e. The number of nitrogens with one attached hydrogen (secondary N) is 1. The lowest BCUT2D eigenvalue weighted by Gasteiger charge is -2.17. The van der Waals surface area contributed by atoms with Crippen LogP contribution in [0.15, 0.2) is 67.1 Å². The molecule has 9 nitrogen and oxygen atoms in total. The zero-order valence-corrected chi connectivity index (χ0v) is 18.1. The van der Waals surface area contributed by atoms with E-state index in [4.69, 9.17) is 11.0 Å². The van der Waals surface area contributed by atoms with Gasteiger partial charge < -0.3 is 16.0 Å². The number of nitrogens with zero attached hydrogens (tertiary/aromatic N) is 5. The Labute approximate surface area is 190 Å². The van der Waals surface area contributed by atoms with Gasteiger partial charge in [-0.1, -0.05) is 12.1 Å². The second-order valence-corrected chi connectivity index (χ2v) is 7.52. The van der Waals surface area contributed by atoms with Crippen LogP contribution in [0.2, 0.25) is 0 Å². The lowest BCUT2D eigenvalue weighted by Crippen LogP contribution is -2.32. The van der Waals surface area contributed by atoms with Crippen molar-refractivity contribution >= 4 is 28.8 Å². The lowest BCUT2D eigenvalue weighted by atomic mass is 10.1. The van der Waals surface area contributed by atoms with Crippen molar-refractivity contribution in [1.29, 1.82) is 5.26 Å². The van der Waals surface area contributed by atoms with Crippen molar-refractivity contribution < 1.29 is 9.59 Å². The Kier molecular flexibility index (Phi) is 5.85. The summed E-state index contributed by atoms with van der Waals surface area (Å²) in [4.78, 5) is 34.9. The van der Waals surface area contributed by atoms with Gasteiger partial charge in [0, 0.05) is 30.2 Å². The van der Waals surface area contributed by atoms with Crippen LogP contribution in [-0.4, -0.2) is 39.3 Å². The van der Waals surface area contributed by atoms with Crippen LogP contribution in [0.4, 0.5) is 11.4 Å². The number of imidazole rings is 1. The van der Waals surface area contributed by atoms with Crippen LogP contribution in [0.5, 0.6) is 0 Å². The van der Waals surface area contributed by atoms with Crippen LogP contribution >= 0.6 is 0 Å². The van der Waals surface area contributed by atoms with Crippen molar-refractivity contribution in [2.45, 2.75) is 13.0 Å². The first-order valence-electron chi connectivity index (χ1n) is 10.2. The number of amides is 2. The maximum atomic E-state index is 13.0. The number of hydrogen-bond donors (Lipinski definition) is 2. The summed E-state index contributed by atoms with van der Waals surface area (Å²) in [5.41, 5.74) is 9.86. The Hall–Kier alpha value is -4.55. The molecule has 0 saturated carbocycles. The van der Waals surface area contributed by atoms with Crippen molar-refractivity contribution in [3.05, 3.63) is 78.4 Å². The molecule has 2 heterocycles. The van der Waals surface area contributed by atoms with Crippen molar-refractivity contribution in [3.63, 3.8) is 0 Å². The Morgan fingerprint density at radius 1 is 1.09 bits per heavy atom. The van der Waals surface area contributed by atoms with Gasteiger partial charge in [0.25, 0.3) is 5.91 Å². The van der Waals surface area contributed by atoms with Gasteiger partial charge in [0.2, 0.25) is 5.91 Å². The predicted molar refractivity (Wildman–Crippen MR) is 125 cm³/mol. The summed E-state index contributed by atoms with van der Waals surface area (Å²) in [6, 6.07) is 15.5. The molecule has 9 heteroatoms. The van der Waals surface area contributed by atoms with Crippen LogP contribution in [-0.2, 0) is 4.79 Å². The molecule has 2 aromatic heterocycles. The normalized spacial score (nSPS) is 11.6. The molecule has 33 heavy (non-hydrogen) atoms. The van der Waals surface area contributed by atoms with Gasteiger partial charge in [0.05, 0.1) is 35.8 Å². The summed E-state index contributed by atoms with van der Waals surface area (Å²) in [5, 5.41) is 11.7. The summed E-state index contributed by atoms with van der Waals surface area (Å²) in [5.74, 6) is -0.562. The quantitative estimate of drug-likeness (QED) is 0.492. The van der Waals surface area contributed by atoms with Gasteiger partial charge in [0.15, 0.2) is 5.65 Å². The molecule has 4 rings (SSSR count). The molecule has 0 spiro atoms. The highest BCUT2D eigenvalue weighted by Gasteiger charge is 2.17. The van der Waals surface area contributed by atoms with Gasteiger partial charge in [-0.3, -0.25) is 14.0 Å². The second kappa shape index (κ2) is 8.90. The summed E-state index contributed by atoms with van der Waals surface area (Å²) in [7, 11) is 1.65. The van der Waals surface area contributed by atoms with Gasteiger partial charge in [-0.05, 0) is 43.3 Å². The Morgan fingerprint density at radius 3 is 2.42 bits per heavy atom. The summed E-state index contributed by atoms with van der Waals surface area (Å²) >= 11 is 0. The van der Waals surface area contributed by atoms with E-state index in [1.807, 2.05) is 12.1 Å². The standard InChI is InChI=1S/C24H21N7O2/c1-15(26)23(32)29-18-7-5-17(6-8-18)21-12-28-22-13-27-20(14-31(21)22)24(33)30(2)19-9-3-16(11-25)4-10-19/h3-10,12-15H,26H2,1-2H3,(H,29,32). The number of hydrogen-bond acceptors (Lipinski definition) is 6. The molecule has 164 valence electrons. The highest BCUT2D eigenvalue weighted by molar-refractivity contribution is 6.04. The van der Waals surface area contributed by atoms with E-state index in [0.29, 0.717) is 22.6 Å². The SMILES string of the molecule is CC(N)C(=O)Nc1ccc(-c2cnc3cnc(C(=O)N(C)c4ccc(C#N)cc4)cn23)cc1. The van der Waals surface area contributed by atoms with E-state index in [1.54, 1.807) is 73.4 Å². The van der Waals surface area contributed by atoms with E-state index in [2.05, 4.69) is 21.4 Å². The Morgan fingerprint density at radius 2 is 1.79 bits per heavy atom. The van der Waals surface area contributed by atoms with Crippen LogP contribution in [0.3, 0.4) is 0 Å². The first-order valence-corrected chi connectivity index (χ1v) is 10.2. The largest absolute Gasteiger partial charge is 0.325 e. The molecule has 0 saturated heterocycles. The number of anilines is 2. The molecule has 0 fully saturated rings. The summed E-state index contributed by atoms with van der Waals surface area (Å²) in [6.45, 7) is 1.62. The average molecular weight is 439 g/mol. The van der Waals surface area contributed by atoms with Crippen molar-refractivity contribution in [2.24, 2.45) is 5.73 Å². The summed E-state index contributed by atoms with van der Waals surface area (Å²) in [6.07, 6.45) is 4.89. The number of fused-ring (bicyclic) bond motifs is 1. The minimum atomic E-state index is -0.602. The zero-order valence-electron chi connectivity index (χ0n) is 18.1. The number of rotatable bonds is 5. The maximum absolute atomic E-state index is 13.0. The molecule has 3 N–H and O–H groups in total. The molecule has 0 aliphatic rings. The van der Waals surface area contributed by atoms with Crippen LogP contribution in [0, 0.1) is 11.3 Å². The third kappa shape index (κ3) is 4.42. The number of carbonyl (C=O) groups is 2. The highest BCUT2D eigenvalue weighted by Crippen LogP contribution is 2.23. The fraction of sp³-hybridized carbons (Fsp3) is 0.125. The minimum Gasteiger partial charge on any atom is -0.325 e. The van der Waals surface area contributed by atoms with Crippen molar-refractivity contribution in [3.8, 4) is 17.3 Å². The monoisotopic (exact) mass is 439 g/mol. The van der Waals surface area contributed by atoms with E-state index in [0.717, 1.165) is 11.3 Å². The molecule has 0 aliphatic carbocycles. The van der Waals surface area contributed by atoms with Crippen molar-refractivity contribution in [1.82, 2.24) is 14.4 Å². The number of aromatic nitrogens is 3. The Balaban J connectivity index is 1.61. The van der Waals surface area contributed by atoms with E-state index in [1.165, 1.54) is 4.90 Å². The molecule has 4 aromatic rings. The second-order valence-electron chi connectivity index (χ2n) is 7.52. The van der Waals surface area contributed by atoms with Gasteiger partial charge in [-0.15, -0.1) is 0 Å². The first kappa shape index (κ1) is 21.7. The molecule has 1 unspecified atom stereocenters. The van der Waals surface area contributed by atoms with Crippen LogP contribution in [0.1, 0.15) is 23.0 Å². The van der Waals surface area contributed by atoms with Crippen LogP contribution in [0.25, 0.3) is 16.9 Å². The topological polar surface area (TPSA) is 129 Å². The van der Waals surface area contributed by atoms with Crippen molar-refractivity contribution in [2.75, 3.05) is 17.3 Å². The number of carbonyl (C=O) groups excluding carboxylic acids is 2. The molecule has 0 aliphatic heterocycles. The van der Waals surface area contributed by atoms with Crippen LogP contribution < -0.4 is 16.0 Å². The average Bonchev–Trinajstić information content (AvgIpc) is 3.27. The van der Waals surface area contributed by atoms with E-state index in [9.17, 15) is 9.59 Å². The van der Waals surface area contributed by atoms with E-state index < -0.39 is 6.04 Å². The third-order valence-corrected chi connectivity index (χ3v) is 5.17. The Bertz CT molecular complexity index is 1370. The molecule has 2 aromatic carbocycles. The first-order chi connectivity index (χ1) is 15.9. The molecular formula is C24H21N7O2.